The summed E-state index contributed by atoms with van der Waals surface area (Å²) >= 11 is 5.74. The van der Waals surface area contributed by atoms with Gasteiger partial charge < -0.3 is 9.64 Å². The van der Waals surface area contributed by atoms with E-state index in [2.05, 4.69) is 0 Å². The number of amides is 1. The first kappa shape index (κ1) is 17.5. The summed E-state index contributed by atoms with van der Waals surface area (Å²) < 4.78 is 4.93. The highest BCUT2D eigenvalue weighted by Gasteiger charge is 2.20. The Balaban J connectivity index is 2.84. The van der Waals surface area contributed by atoms with E-state index in [0.29, 0.717) is 24.6 Å². The molecule has 0 saturated heterocycles. The molecule has 1 aromatic rings. The molecule has 0 fully saturated rings. The molecule has 0 heterocycles. The Bertz CT molecular complexity index is 471. The fraction of sp³-hybridized carbons (Fsp3) is 0.500. The van der Waals surface area contributed by atoms with Crippen molar-refractivity contribution in [2.75, 3.05) is 19.7 Å². The molecule has 0 atom stereocenters. The third kappa shape index (κ3) is 5.76. The van der Waals surface area contributed by atoms with Crippen LogP contribution in [0.15, 0.2) is 24.3 Å². The van der Waals surface area contributed by atoms with E-state index >= 15 is 0 Å². The van der Waals surface area contributed by atoms with Crippen LogP contribution in [0, 0.1) is 5.92 Å². The molecule has 1 aromatic carbocycles. The van der Waals surface area contributed by atoms with Crippen molar-refractivity contribution in [2.45, 2.75) is 26.7 Å². The van der Waals surface area contributed by atoms with Gasteiger partial charge in [-0.3, -0.25) is 9.59 Å². The number of rotatable bonds is 7. The minimum absolute atomic E-state index is 0.0257. The molecule has 1 rings (SSSR count). The van der Waals surface area contributed by atoms with Crippen LogP contribution in [-0.4, -0.2) is 36.5 Å². The van der Waals surface area contributed by atoms with E-state index in [-0.39, 0.29) is 24.3 Å². The summed E-state index contributed by atoms with van der Waals surface area (Å²) in [6.07, 6.45) is 0. The van der Waals surface area contributed by atoms with E-state index < -0.39 is 0 Å². The average molecular weight is 312 g/mol. The summed E-state index contributed by atoms with van der Waals surface area (Å²) in [5, 5.41) is 0. The largest absolute Gasteiger partial charge is 0.465 e. The maximum Gasteiger partial charge on any atom is 0.325 e. The zero-order valence-electron chi connectivity index (χ0n) is 12.8. The van der Waals surface area contributed by atoms with E-state index in [9.17, 15) is 9.59 Å². The van der Waals surface area contributed by atoms with Gasteiger partial charge in [0.05, 0.1) is 6.61 Å². The number of esters is 1. The van der Waals surface area contributed by atoms with Crippen LogP contribution in [0.2, 0.25) is 0 Å². The number of ether oxygens (including phenoxy) is 1. The topological polar surface area (TPSA) is 46.6 Å². The molecule has 0 N–H and O–H groups in total. The van der Waals surface area contributed by atoms with E-state index in [1.54, 1.807) is 19.1 Å². The van der Waals surface area contributed by atoms with Crippen LogP contribution in [0.4, 0.5) is 0 Å². The normalized spacial score (nSPS) is 10.5. The van der Waals surface area contributed by atoms with Crippen molar-refractivity contribution in [1.82, 2.24) is 4.90 Å². The van der Waals surface area contributed by atoms with E-state index in [1.807, 2.05) is 26.0 Å². The van der Waals surface area contributed by atoms with Gasteiger partial charge in [-0.2, -0.15) is 0 Å². The number of carbonyl (C=O) groups is 2. The van der Waals surface area contributed by atoms with Gasteiger partial charge in [0, 0.05) is 18.0 Å². The first-order valence-corrected chi connectivity index (χ1v) is 7.61. The monoisotopic (exact) mass is 311 g/mol. The molecule has 0 aliphatic rings. The van der Waals surface area contributed by atoms with Gasteiger partial charge in [0.1, 0.15) is 6.54 Å². The van der Waals surface area contributed by atoms with Crippen molar-refractivity contribution >= 4 is 23.5 Å². The Morgan fingerprint density at radius 3 is 2.33 bits per heavy atom. The smallest absolute Gasteiger partial charge is 0.325 e. The first-order chi connectivity index (χ1) is 9.97. The van der Waals surface area contributed by atoms with Crippen molar-refractivity contribution in [2.24, 2.45) is 5.92 Å². The van der Waals surface area contributed by atoms with Crippen LogP contribution in [0.1, 0.15) is 36.7 Å². The van der Waals surface area contributed by atoms with Crippen LogP contribution in [0.3, 0.4) is 0 Å². The highest BCUT2D eigenvalue weighted by Crippen LogP contribution is 2.11. The summed E-state index contributed by atoms with van der Waals surface area (Å²) in [7, 11) is 0. The molecule has 0 aliphatic heterocycles. The Morgan fingerprint density at radius 2 is 1.86 bits per heavy atom. The zero-order valence-corrected chi connectivity index (χ0v) is 13.5. The lowest BCUT2D eigenvalue weighted by Crippen LogP contribution is -2.38. The van der Waals surface area contributed by atoms with Crippen LogP contribution in [0.5, 0.6) is 0 Å². The number of alkyl halides is 1. The molecular formula is C16H22ClNO3. The van der Waals surface area contributed by atoms with Crippen molar-refractivity contribution < 1.29 is 14.3 Å². The summed E-state index contributed by atoms with van der Waals surface area (Å²) in [4.78, 5) is 25.7. The molecule has 0 bridgehead atoms. The SMILES string of the molecule is CCOC(=O)CN(CC(C)C)C(=O)c1ccc(CCl)cc1. The van der Waals surface area contributed by atoms with Crippen molar-refractivity contribution in [3.63, 3.8) is 0 Å². The van der Waals surface area contributed by atoms with Gasteiger partial charge in [-0.1, -0.05) is 26.0 Å². The molecule has 0 aliphatic carbocycles. The molecule has 0 saturated carbocycles. The number of hydrogen-bond donors (Lipinski definition) is 0. The number of benzene rings is 1. The Labute approximate surface area is 131 Å². The second-order valence-electron chi connectivity index (χ2n) is 5.22. The molecule has 0 unspecified atom stereocenters. The van der Waals surface area contributed by atoms with Crippen LogP contribution in [-0.2, 0) is 15.4 Å². The van der Waals surface area contributed by atoms with Crippen molar-refractivity contribution in [3.05, 3.63) is 35.4 Å². The van der Waals surface area contributed by atoms with Crippen LogP contribution in [0.25, 0.3) is 0 Å². The second kappa shape index (κ2) is 8.67. The number of hydrogen-bond acceptors (Lipinski definition) is 3. The lowest BCUT2D eigenvalue weighted by molar-refractivity contribution is -0.143. The number of nitrogens with zero attached hydrogens (tertiary/aromatic N) is 1. The molecule has 4 nitrogen and oxygen atoms in total. The predicted octanol–water partition coefficient (Wildman–Crippen LogP) is 3.09. The molecule has 116 valence electrons. The van der Waals surface area contributed by atoms with Gasteiger partial charge in [0.25, 0.3) is 5.91 Å². The fourth-order valence-corrected chi connectivity index (χ4v) is 2.12. The van der Waals surface area contributed by atoms with E-state index in [1.165, 1.54) is 4.90 Å². The molecule has 0 aromatic heterocycles. The van der Waals surface area contributed by atoms with Crippen LogP contribution >= 0.6 is 11.6 Å². The Morgan fingerprint density at radius 1 is 1.24 bits per heavy atom. The van der Waals surface area contributed by atoms with Crippen molar-refractivity contribution in [1.29, 1.82) is 0 Å². The third-order valence-electron chi connectivity index (χ3n) is 2.85. The lowest BCUT2D eigenvalue weighted by atomic mass is 10.1. The van der Waals surface area contributed by atoms with Crippen molar-refractivity contribution in [3.8, 4) is 0 Å². The lowest BCUT2D eigenvalue weighted by Gasteiger charge is -2.23. The molecular weight excluding hydrogens is 290 g/mol. The molecule has 5 heteroatoms. The molecule has 1 amide bonds. The average Bonchev–Trinajstić information content (AvgIpc) is 2.45. The van der Waals surface area contributed by atoms with E-state index in [0.717, 1.165) is 5.56 Å². The Hall–Kier alpha value is -1.55. The van der Waals surface area contributed by atoms with E-state index in [4.69, 9.17) is 16.3 Å². The fourth-order valence-electron chi connectivity index (χ4n) is 1.94. The highest BCUT2D eigenvalue weighted by atomic mass is 35.5. The first-order valence-electron chi connectivity index (χ1n) is 7.07. The third-order valence-corrected chi connectivity index (χ3v) is 3.16. The molecule has 0 radical (unpaired) electrons. The molecule has 0 spiro atoms. The highest BCUT2D eigenvalue weighted by molar-refractivity contribution is 6.17. The zero-order chi connectivity index (χ0) is 15.8. The maximum atomic E-state index is 12.5. The maximum absolute atomic E-state index is 12.5. The van der Waals surface area contributed by atoms with Gasteiger partial charge in [-0.15, -0.1) is 11.6 Å². The predicted molar refractivity (Wildman–Crippen MR) is 83.4 cm³/mol. The van der Waals surface area contributed by atoms with Gasteiger partial charge in [-0.05, 0) is 30.5 Å². The van der Waals surface area contributed by atoms with Gasteiger partial charge >= 0.3 is 5.97 Å². The number of halogens is 1. The van der Waals surface area contributed by atoms with Crippen LogP contribution < -0.4 is 0 Å². The van der Waals surface area contributed by atoms with Gasteiger partial charge in [-0.25, -0.2) is 0 Å². The summed E-state index contributed by atoms with van der Waals surface area (Å²) in [5.41, 5.74) is 1.50. The van der Waals surface area contributed by atoms with Gasteiger partial charge in [0.15, 0.2) is 0 Å². The number of carbonyl (C=O) groups excluding carboxylic acids is 2. The Kier molecular flexibility index (Phi) is 7.23. The molecule has 21 heavy (non-hydrogen) atoms. The minimum Gasteiger partial charge on any atom is -0.465 e. The quantitative estimate of drug-likeness (QED) is 0.574. The second-order valence-corrected chi connectivity index (χ2v) is 5.48. The van der Waals surface area contributed by atoms with Gasteiger partial charge in [0.2, 0.25) is 0 Å². The summed E-state index contributed by atoms with van der Waals surface area (Å²) in [5.74, 6) is 0.125. The minimum atomic E-state index is -0.385. The standard InChI is InChI=1S/C16H22ClNO3/c1-4-21-15(19)11-18(10-12(2)3)16(20)14-7-5-13(9-17)6-8-14/h5-8,12H,4,9-11H2,1-3H3. The summed E-state index contributed by atoms with van der Waals surface area (Å²) in [6.45, 7) is 6.55. The summed E-state index contributed by atoms with van der Waals surface area (Å²) in [6, 6.07) is 7.10.